The molecule has 0 saturated carbocycles. The van der Waals surface area contributed by atoms with Gasteiger partial charge in [0.05, 0.1) is 11.2 Å². The van der Waals surface area contributed by atoms with Crippen molar-refractivity contribution < 1.29 is 9.31 Å². The van der Waals surface area contributed by atoms with Crippen molar-refractivity contribution in [3.8, 4) is 0 Å². The Labute approximate surface area is 159 Å². The van der Waals surface area contributed by atoms with Crippen LogP contribution in [0.5, 0.6) is 0 Å². The lowest BCUT2D eigenvalue weighted by molar-refractivity contribution is 0.00578. The van der Waals surface area contributed by atoms with Crippen LogP contribution in [0.4, 0.5) is 0 Å². The third-order valence-corrected chi connectivity index (χ3v) is 6.44. The number of rotatable bonds is 4. The summed E-state index contributed by atoms with van der Waals surface area (Å²) in [6, 6.07) is 10.2. The molecule has 26 heavy (non-hydrogen) atoms. The van der Waals surface area contributed by atoms with Gasteiger partial charge in [-0.1, -0.05) is 42.7 Å². The molecule has 0 bridgehead atoms. The first-order valence-electron chi connectivity index (χ1n) is 10.1. The van der Waals surface area contributed by atoms with Gasteiger partial charge < -0.3 is 9.31 Å². The number of benzene rings is 1. The SMILES string of the molecule is CC1CCCC(C)N1Cc1ccc(/C=C\B2OC(C)(C)C(C)(C)O2)cc1. The minimum atomic E-state index is -0.284. The Morgan fingerprint density at radius 1 is 1.00 bits per heavy atom. The second-order valence-corrected chi connectivity index (χ2v) is 9.03. The lowest BCUT2D eigenvalue weighted by atomic mass is 9.89. The van der Waals surface area contributed by atoms with Gasteiger partial charge in [-0.3, -0.25) is 4.90 Å². The highest BCUT2D eigenvalue weighted by atomic mass is 16.7. The van der Waals surface area contributed by atoms with Gasteiger partial charge in [0.15, 0.2) is 0 Å². The summed E-state index contributed by atoms with van der Waals surface area (Å²) in [5.74, 6) is 2.01. The van der Waals surface area contributed by atoms with Gasteiger partial charge in [-0.05, 0) is 65.5 Å². The van der Waals surface area contributed by atoms with E-state index in [1.807, 2.05) is 5.98 Å². The van der Waals surface area contributed by atoms with Crippen molar-refractivity contribution in [1.29, 1.82) is 0 Å². The lowest BCUT2D eigenvalue weighted by Crippen LogP contribution is -2.42. The summed E-state index contributed by atoms with van der Waals surface area (Å²) in [7, 11) is -0.283. The molecule has 2 atom stereocenters. The third kappa shape index (κ3) is 4.24. The highest BCUT2D eigenvalue weighted by molar-refractivity contribution is 6.52. The maximum absolute atomic E-state index is 6.02. The Hall–Kier alpha value is -1.10. The average Bonchev–Trinajstić information content (AvgIpc) is 2.77. The van der Waals surface area contributed by atoms with Crippen LogP contribution in [0, 0.1) is 0 Å². The van der Waals surface area contributed by atoms with Crippen LogP contribution in [0.15, 0.2) is 30.2 Å². The summed E-state index contributed by atoms with van der Waals surface area (Å²) >= 11 is 0. The van der Waals surface area contributed by atoms with Crippen molar-refractivity contribution in [1.82, 2.24) is 4.90 Å². The Balaban J connectivity index is 1.60. The van der Waals surface area contributed by atoms with Gasteiger partial charge in [-0.25, -0.2) is 0 Å². The number of nitrogens with zero attached hydrogens (tertiary/aromatic N) is 1. The van der Waals surface area contributed by atoms with Crippen LogP contribution in [0.25, 0.3) is 6.08 Å². The molecule has 1 aromatic carbocycles. The van der Waals surface area contributed by atoms with Crippen LogP contribution in [-0.2, 0) is 15.9 Å². The fourth-order valence-corrected chi connectivity index (χ4v) is 3.89. The van der Waals surface area contributed by atoms with Crippen molar-refractivity contribution in [2.24, 2.45) is 0 Å². The molecule has 2 fully saturated rings. The van der Waals surface area contributed by atoms with Crippen molar-refractivity contribution in [3.63, 3.8) is 0 Å². The molecule has 0 aromatic heterocycles. The van der Waals surface area contributed by atoms with E-state index in [0.717, 1.165) is 6.54 Å². The Morgan fingerprint density at radius 2 is 1.54 bits per heavy atom. The van der Waals surface area contributed by atoms with Gasteiger partial charge in [0.2, 0.25) is 0 Å². The van der Waals surface area contributed by atoms with Crippen LogP contribution in [0.3, 0.4) is 0 Å². The highest BCUT2D eigenvalue weighted by Crippen LogP contribution is 2.37. The van der Waals surface area contributed by atoms with E-state index in [0.29, 0.717) is 12.1 Å². The quantitative estimate of drug-likeness (QED) is 0.702. The Bertz CT molecular complexity index is 612. The van der Waals surface area contributed by atoms with Crippen molar-refractivity contribution >= 4 is 13.2 Å². The lowest BCUT2D eigenvalue weighted by Gasteiger charge is -2.39. The predicted molar refractivity (Wildman–Crippen MR) is 110 cm³/mol. The van der Waals surface area contributed by atoms with E-state index < -0.39 is 0 Å². The molecular formula is C22H34BNO2. The van der Waals surface area contributed by atoms with E-state index >= 15 is 0 Å². The fourth-order valence-electron chi connectivity index (χ4n) is 3.89. The molecule has 0 spiro atoms. The van der Waals surface area contributed by atoms with Gasteiger partial charge in [0.25, 0.3) is 0 Å². The van der Waals surface area contributed by atoms with Gasteiger partial charge in [-0.2, -0.15) is 0 Å². The molecule has 2 unspecified atom stereocenters. The minimum absolute atomic E-state index is 0.283. The molecule has 2 saturated heterocycles. The molecule has 2 aliphatic heterocycles. The summed E-state index contributed by atoms with van der Waals surface area (Å²) in [6.07, 6.45) is 6.10. The van der Waals surface area contributed by atoms with Crippen LogP contribution < -0.4 is 0 Å². The molecule has 0 amide bonds. The van der Waals surface area contributed by atoms with Gasteiger partial charge in [0.1, 0.15) is 0 Å². The molecule has 142 valence electrons. The maximum atomic E-state index is 6.02. The molecule has 0 N–H and O–H groups in total. The number of piperidine rings is 1. The third-order valence-electron chi connectivity index (χ3n) is 6.44. The number of hydrogen-bond donors (Lipinski definition) is 0. The minimum Gasteiger partial charge on any atom is -0.400 e. The van der Waals surface area contributed by atoms with Gasteiger partial charge >= 0.3 is 7.12 Å². The molecule has 1 aromatic rings. The van der Waals surface area contributed by atoms with Crippen molar-refractivity contribution in [3.05, 3.63) is 41.4 Å². The summed E-state index contributed by atoms with van der Waals surface area (Å²) in [5.41, 5.74) is 2.00. The maximum Gasteiger partial charge on any atom is 0.487 e. The molecule has 3 nitrogen and oxygen atoms in total. The monoisotopic (exact) mass is 355 g/mol. The second kappa shape index (κ2) is 7.50. The van der Waals surface area contributed by atoms with Crippen molar-refractivity contribution in [2.75, 3.05) is 0 Å². The first-order chi connectivity index (χ1) is 12.2. The van der Waals surface area contributed by atoms with Crippen LogP contribution in [-0.4, -0.2) is 35.3 Å². The average molecular weight is 355 g/mol. The zero-order chi connectivity index (χ0) is 18.9. The topological polar surface area (TPSA) is 21.7 Å². The van der Waals surface area contributed by atoms with Gasteiger partial charge in [-0.15, -0.1) is 0 Å². The Kier molecular flexibility index (Phi) is 5.67. The molecule has 2 aliphatic rings. The van der Waals surface area contributed by atoms with E-state index in [1.165, 1.54) is 30.4 Å². The van der Waals surface area contributed by atoms with E-state index in [-0.39, 0.29) is 18.3 Å². The molecule has 0 radical (unpaired) electrons. The zero-order valence-electron chi connectivity index (χ0n) is 17.3. The molecular weight excluding hydrogens is 321 g/mol. The summed E-state index contributed by atoms with van der Waals surface area (Å²) in [5, 5.41) is 0. The summed E-state index contributed by atoms with van der Waals surface area (Å²) in [4.78, 5) is 2.64. The zero-order valence-corrected chi connectivity index (χ0v) is 17.3. The van der Waals surface area contributed by atoms with E-state index in [2.05, 4.69) is 76.8 Å². The summed E-state index contributed by atoms with van der Waals surface area (Å²) in [6.45, 7) is 14.1. The van der Waals surface area contributed by atoms with Crippen LogP contribution in [0.1, 0.15) is 71.9 Å². The van der Waals surface area contributed by atoms with E-state index in [1.54, 1.807) is 0 Å². The molecule has 0 aliphatic carbocycles. The molecule has 2 heterocycles. The van der Waals surface area contributed by atoms with Gasteiger partial charge in [0, 0.05) is 18.6 Å². The molecule has 4 heteroatoms. The normalized spacial score (nSPS) is 28.8. The first-order valence-corrected chi connectivity index (χ1v) is 10.1. The summed E-state index contributed by atoms with van der Waals surface area (Å²) < 4.78 is 12.0. The number of hydrogen-bond acceptors (Lipinski definition) is 3. The van der Waals surface area contributed by atoms with E-state index in [4.69, 9.17) is 9.31 Å². The van der Waals surface area contributed by atoms with Crippen LogP contribution >= 0.6 is 0 Å². The molecule has 3 rings (SSSR count). The Morgan fingerprint density at radius 3 is 2.08 bits per heavy atom. The van der Waals surface area contributed by atoms with E-state index in [9.17, 15) is 0 Å². The largest absolute Gasteiger partial charge is 0.487 e. The predicted octanol–water partition coefficient (Wildman–Crippen LogP) is 5.09. The smallest absolute Gasteiger partial charge is 0.400 e. The second-order valence-electron chi connectivity index (χ2n) is 9.03. The fraction of sp³-hybridized carbons (Fsp3) is 0.636. The number of likely N-dealkylation sites (tertiary alicyclic amines) is 1. The first kappa shape index (κ1) is 19.7. The standard InChI is InChI=1S/C22H34BNO2/c1-17-8-7-9-18(2)24(17)16-20-12-10-19(11-13-20)14-15-23-25-21(3,4)22(5,6)26-23/h10-15,17-18H,7-9,16H2,1-6H3/b15-14-. The van der Waals surface area contributed by atoms with Crippen molar-refractivity contribution in [2.45, 2.75) is 90.6 Å². The highest BCUT2D eigenvalue weighted by Gasteiger charge is 2.49. The van der Waals surface area contributed by atoms with Crippen LogP contribution in [0.2, 0.25) is 0 Å².